The molecule has 0 saturated carbocycles. The highest BCUT2D eigenvalue weighted by atomic mass is 15.1. The van der Waals surface area contributed by atoms with E-state index in [1.807, 2.05) is 0 Å². The number of nitrogens with one attached hydrogen (secondary N) is 1. The first-order valence-corrected chi connectivity index (χ1v) is 10.5. The normalized spacial score (nSPS) is 15.3. The minimum atomic E-state index is 0.598. The SMILES string of the molecule is CCCCc1nc(N)c2[nH]c(C)c(CCCCCCN3CCCC3)c2n1. The van der Waals surface area contributed by atoms with Gasteiger partial charge in [-0.1, -0.05) is 26.2 Å². The minimum Gasteiger partial charge on any atom is -0.382 e. The van der Waals surface area contributed by atoms with Gasteiger partial charge < -0.3 is 15.6 Å². The monoisotopic (exact) mass is 357 g/mol. The van der Waals surface area contributed by atoms with E-state index in [1.165, 1.54) is 69.4 Å². The Balaban J connectivity index is 1.54. The van der Waals surface area contributed by atoms with Crippen molar-refractivity contribution in [2.75, 3.05) is 25.4 Å². The van der Waals surface area contributed by atoms with Crippen LogP contribution in [0.3, 0.4) is 0 Å². The number of fused-ring (bicyclic) bond motifs is 1. The lowest BCUT2D eigenvalue weighted by Crippen LogP contribution is -2.20. The molecular formula is C21H35N5. The first kappa shape index (κ1) is 19.2. The molecule has 1 saturated heterocycles. The number of anilines is 1. The Morgan fingerprint density at radius 1 is 1.00 bits per heavy atom. The van der Waals surface area contributed by atoms with E-state index in [4.69, 9.17) is 10.7 Å². The summed E-state index contributed by atoms with van der Waals surface area (Å²) in [7, 11) is 0. The van der Waals surface area contributed by atoms with Crippen LogP contribution >= 0.6 is 0 Å². The Morgan fingerprint density at radius 2 is 1.77 bits per heavy atom. The highest BCUT2D eigenvalue weighted by Gasteiger charge is 2.14. The van der Waals surface area contributed by atoms with Gasteiger partial charge in [0.1, 0.15) is 11.3 Å². The van der Waals surface area contributed by atoms with E-state index in [1.54, 1.807) is 0 Å². The Morgan fingerprint density at radius 3 is 2.54 bits per heavy atom. The summed E-state index contributed by atoms with van der Waals surface area (Å²) >= 11 is 0. The van der Waals surface area contributed by atoms with Crippen LogP contribution in [0, 0.1) is 6.92 Å². The molecule has 1 fully saturated rings. The number of nitrogens with two attached hydrogens (primary N) is 1. The fourth-order valence-corrected chi connectivity index (χ4v) is 4.06. The summed E-state index contributed by atoms with van der Waals surface area (Å²) < 4.78 is 0. The molecule has 0 aliphatic carbocycles. The molecule has 1 aliphatic heterocycles. The first-order valence-electron chi connectivity index (χ1n) is 10.5. The first-order chi connectivity index (χ1) is 12.7. The fourth-order valence-electron chi connectivity index (χ4n) is 4.06. The predicted molar refractivity (Wildman–Crippen MR) is 109 cm³/mol. The lowest BCUT2D eigenvalue weighted by Gasteiger charge is -2.13. The van der Waals surface area contributed by atoms with Gasteiger partial charge in [0.05, 0.1) is 5.52 Å². The molecule has 3 rings (SSSR count). The minimum absolute atomic E-state index is 0.598. The molecule has 26 heavy (non-hydrogen) atoms. The van der Waals surface area contributed by atoms with E-state index in [0.29, 0.717) is 5.82 Å². The summed E-state index contributed by atoms with van der Waals surface area (Å²) in [6.07, 6.45) is 12.2. The van der Waals surface area contributed by atoms with Gasteiger partial charge in [0.25, 0.3) is 0 Å². The maximum atomic E-state index is 6.18. The van der Waals surface area contributed by atoms with Gasteiger partial charge in [-0.25, -0.2) is 9.97 Å². The molecular weight excluding hydrogens is 322 g/mol. The number of rotatable bonds is 10. The fraction of sp³-hybridized carbons (Fsp3) is 0.714. The zero-order chi connectivity index (χ0) is 18.4. The second-order valence-electron chi connectivity index (χ2n) is 7.79. The van der Waals surface area contributed by atoms with Crippen LogP contribution < -0.4 is 5.73 Å². The third-order valence-corrected chi connectivity index (χ3v) is 5.64. The summed E-state index contributed by atoms with van der Waals surface area (Å²) in [6, 6.07) is 0. The van der Waals surface area contributed by atoms with Gasteiger partial charge in [-0.3, -0.25) is 0 Å². The van der Waals surface area contributed by atoms with Crippen LogP contribution in [0.1, 0.15) is 75.4 Å². The lowest BCUT2D eigenvalue weighted by atomic mass is 10.1. The number of nitrogens with zero attached hydrogens (tertiary/aromatic N) is 3. The molecule has 0 aromatic carbocycles. The third-order valence-electron chi connectivity index (χ3n) is 5.64. The number of nitrogen functional groups attached to an aromatic ring is 1. The Bertz CT molecular complexity index is 700. The molecule has 0 unspecified atom stereocenters. The number of unbranched alkanes of at least 4 members (excludes halogenated alkanes) is 4. The number of hydrogen-bond acceptors (Lipinski definition) is 4. The van der Waals surface area contributed by atoms with Crippen molar-refractivity contribution in [2.24, 2.45) is 0 Å². The highest BCUT2D eigenvalue weighted by Crippen LogP contribution is 2.26. The van der Waals surface area contributed by atoms with E-state index in [2.05, 4.69) is 28.7 Å². The van der Waals surface area contributed by atoms with Gasteiger partial charge in [-0.05, 0) is 70.6 Å². The molecule has 3 heterocycles. The van der Waals surface area contributed by atoms with Crippen molar-refractivity contribution < 1.29 is 0 Å². The molecule has 144 valence electrons. The van der Waals surface area contributed by atoms with Crippen molar-refractivity contribution in [3.8, 4) is 0 Å². The average molecular weight is 358 g/mol. The number of likely N-dealkylation sites (tertiary alicyclic amines) is 1. The Hall–Kier alpha value is -1.62. The third kappa shape index (κ3) is 4.76. The van der Waals surface area contributed by atoms with Crippen molar-refractivity contribution in [2.45, 2.75) is 78.1 Å². The quantitative estimate of drug-likeness (QED) is 0.619. The zero-order valence-electron chi connectivity index (χ0n) is 16.6. The van der Waals surface area contributed by atoms with Crippen LogP contribution in [-0.4, -0.2) is 39.5 Å². The second kappa shape index (κ2) is 9.36. The van der Waals surface area contributed by atoms with Crippen LogP contribution in [0.15, 0.2) is 0 Å². The highest BCUT2D eigenvalue weighted by molar-refractivity contribution is 5.88. The van der Waals surface area contributed by atoms with Gasteiger partial charge >= 0.3 is 0 Å². The van der Waals surface area contributed by atoms with Crippen LogP contribution in [0.4, 0.5) is 5.82 Å². The molecule has 0 amide bonds. The summed E-state index contributed by atoms with van der Waals surface area (Å²) in [5.41, 5.74) is 10.7. The van der Waals surface area contributed by atoms with Crippen molar-refractivity contribution in [1.82, 2.24) is 19.9 Å². The molecule has 0 bridgehead atoms. The topological polar surface area (TPSA) is 70.8 Å². The van der Waals surface area contributed by atoms with Crippen molar-refractivity contribution in [1.29, 1.82) is 0 Å². The number of aromatic amines is 1. The van der Waals surface area contributed by atoms with Crippen molar-refractivity contribution >= 4 is 16.9 Å². The van der Waals surface area contributed by atoms with Gasteiger partial charge in [0.2, 0.25) is 0 Å². The molecule has 0 spiro atoms. The van der Waals surface area contributed by atoms with Gasteiger partial charge in [0.15, 0.2) is 5.82 Å². The van der Waals surface area contributed by atoms with E-state index in [-0.39, 0.29) is 0 Å². The Labute approximate surface area is 157 Å². The van der Waals surface area contributed by atoms with Crippen molar-refractivity contribution in [3.63, 3.8) is 0 Å². The number of aromatic nitrogens is 3. The molecule has 2 aromatic rings. The van der Waals surface area contributed by atoms with Crippen LogP contribution in [0.25, 0.3) is 11.0 Å². The number of H-pyrrole nitrogens is 1. The smallest absolute Gasteiger partial charge is 0.151 e. The van der Waals surface area contributed by atoms with E-state index < -0.39 is 0 Å². The van der Waals surface area contributed by atoms with E-state index >= 15 is 0 Å². The number of hydrogen-bond donors (Lipinski definition) is 2. The maximum absolute atomic E-state index is 6.18. The molecule has 3 N–H and O–H groups in total. The number of aryl methyl sites for hydroxylation is 3. The van der Waals surface area contributed by atoms with Crippen LogP contribution in [-0.2, 0) is 12.8 Å². The average Bonchev–Trinajstić information content (AvgIpc) is 3.25. The second-order valence-corrected chi connectivity index (χ2v) is 7.79. The van der Waals surface area contributed by atoms with Crippen LogP contribution in [0.5, 0.6) is 0 Å². The molecule has 5 heteroatoms. The van der Waals surface area contributed by atoms with Gasteiger partial charge in [-0.15, -0.1) is 0 Å². The molecule has 5 nitrogen and oxygen atoms in total. The largest absolute Gasteiger partial charge is 0.382 e. The molecule has 0 atom stereocenters. The molecule has 0 radical (unpaired) electrons. The molecule has 1 aliphatic rings. The Kier molecular flexibility index (Phi) is 6.89. The zero-order valence-corrected chi connectivity index (χ0v) is 16.6. The van der Waals surface area contributed by atoms with E-state index in [9.17, 15) is 0 Å². The molecule has 2 aromatic heterocycles. The predicted octanol–water partition coefficient (Wildman–Crippen LogP) is 4.39. The summed E-state index contributed by atoms with van der Waals surface area (Å²) in [6.45, 7) is 8.25. The maximum Gasteiger partial charge on any atom is 0.151 e. The van der Waals surface area contributed by atoms with Crippen molar-refractivity contribution in [3.05, 3.63) is 17.1 Å². The van der Waals surface area contributed by atoms with E-state index in [0.717, 1.165) is 42.5 Å². The summed E-state index contributed by atoms with van der Waals surface area (Å²) in [4.78, 5) is 15.3. The van der Waals surface area contributed by atoms with Gasteiger partial charge in [-0.2, -0.15) is 0 Å². The standard InChI is InChI=1S/C21H35N5/c1-3-4-12-18-24-19-17(16(2)23-20(19)21(22)25-18)11-7-5-6-8-13-26-14-9-10-15-26/h23H,3-15H2,1-2H3,(H2,22,24,25). The lowest BCUT2D eigenvalue weighted by molar-refractivity contribution is 0.328. The van der Waals surface area contributed by atoms with Gasteiger partial charge in [0, 0.05) is 12.1 Å². The van der Waals surface area contributed by atoms with Crippen LogP contribution in [0.2, 0.25) is 0 Å². The summed E-state index contributed by atoms with van der Waals surface area (Å²) in [5, 5.41) is 0. The summed E-state index contributed by atoms with van der Waals surface area (Å²) in [5.74, 6) is 1.49.